The lowest BCUT2D eigenvalue weighted by Gasteiger charge is -2.43. The van der Waals surface area contributed by atoms with Crippen LogP contribution in [0.3, 0.4) is 0 Å². The van der Waals surface area contributed by atoms with Crippen LogP contribution in [0.1, 0.15) is 51.9 Å². The van der Waals surface area contributed by atoms with Crippen molar-refractivity contribution in [3.8, 4) is 11.9 Å². The van der Waals surface area contributed by atoms with Gasteiger partial charge in [0.05, 0.1) is 29.1 Å². The Hall–Kier alpha value is -3.86. The number of aryl methyl sites for hydroxylation is 1. The molecule has 1 aliphatic heterocycles. The van der Waals surface area contributed by atoms with E-state index in [1.54, 1.807) is 0 Å². The van der Waals surface area contributed by atoms with Crippen LogP contribution < -0.4 is 4.90 Å². The van der Waals surface area contributed by atoms with Crippen LogP contribution in [0.4, 0.5) is 5.69 Å². The zero-order valence-electron chi connectivity index (χ0n) is 21.9. The first-order chi connectivity index (χ1) is 19.1. The topological polar surface area (TPSA) is 82.3 Å². The maximum Gasteiger partial charge on any atom is 0.220 e. The summed E-state index contributed by atoms with van der Waals surface area (Å²) in [5, 5.41) is 21.8. The second kappa shape index (κ2) is 10.7. The summed E-state index contributed by atoms with van der Waals surface area (Å²) in [6, 6.07) is 27.6. The van der Waals surface area contributed by atoms with E-state index in [1.165, 1.54) is 22.9 Å². The number of fused-ring (bicyclic) bond motifs is 3. The number of hydrogen-bond acceptors (Lipinski definition) is 7. The molecule has 0 bridgehead atoms. The average Bonchev–Trinajstić information content (AvgIpc) is 2.97. The van der Waals surface area contributed by atoms with Crippen LogP contribution in [-0.2, 0) is 42.9 Å². The minimum atomic E-state index is -0.663. The fraction of sp³-hybridized carbons (Fsp3) is 0.281. The Morgan fingerprint density at radius 1 is 1.00 bits per heavy atom. The van der Waals surface area contributed by atoms with E-state index in [2.05, 4.69) is 76.6 Å². The van der Waals surface area contributed by atoms with Crippen LogP contribution in [0.2, 0.25) is 0 Å². The highest BCUT2D eigenvalue weighted by atomic mass is 32.2. The number of aromatic nitrogens is 2. The highest BCUT2D eigenvalue weighted by Crippen LogP contribution is 2.48. The molecule has 196 valence electrons. The Morgan fingerprint density at radius 3 is 2.33 bits per heavy atom. The van der Waals surface area contributed by atoms with Gasteiger partial charge < -0.3 is 14.7 Å². The van der Waals surface area contributed by atoms with E-state index >= 15 is 0 Å². The van der Waals surface area contributed by atoms with Crippen molar-refractivity contribution in [3.63, 3.8) is 0 Å². The van der Waals surface area contributed by atoms with E-state index in [4.69, 9.17) is 9.72 Å². The third-order valence-electron chi connectivity index (χ3n) is 7.82. The molecule has 6 rings (SSSR count). The minimum absolute atomic E-state index is 0.0126. The fourth-order valence-corrected chi connectivity index (χ4v) is 6.38. The summed E-state index contributed by atoms with van der Waals surface area (Å²) in [6.45, 7) is 1.58. The largest absolute Gasteiger partial charge is 0.493 e. The molecule has 2 heterocycles. The van der Waals surface area contributed by atoms with Gasteiger partial charge in [-0.3, -0.25) is 0 Å². The molecule has 0 unspecified atom stereocenters. The lowest BCUT2D eigenvalue weighted by molar-refractivity contribution is -0.0867. The van der Waals surface area contributed by atoms with Crippen molar-refractivity contribution in [1.29, 1.82) is 5.26 Å². The zero-order valence-corrected chi connectivity index (χ0v) is 22.7. The number of benzene rings is 3. The van der Waals surface area contributed by atoms with Crippen LogP contribution in [0, 0.1) is 11.3 Å². The SMILES string of the molecule is CSc1nc(O)c2c(n1)C[C@]1(CCCc3ccc(N(Cc4ccccc4)Cc4ccccc4)c(C#N)c31)OC2. The van der Waals surface area contributed by atoms with Crippen LogP contribution in [-0.4, -0.2) is 21.3 Å². The normalized spacial score (nSPS) is 17.7. The molecule has 6 nitrogen and oxygen atoms in total. The Bertz CT molecular complexity index is 1500. The van der Waals surface area contributed by atoms with Crippen molar-refractivity contribution in [2.45, 2.75) is 56.1 Å². The van der Waals surface area contributed by atoms with E-state index in [0.29, 0.717) is 35.8 Å². The van der Waals surface area contributed by atoms with E-state index < -0.39 is 5.60 Å². The predicted octanol–water partition coefficient (Wildman–Crippen LogP) is 6.29. The van der Waals surface area contributed by atoms with Gasteiger partial charge in [-0.15, -0.1) is 0 Å². The van der Waals surface area contributed by atoms with Crippen LogP contribution >= 0.6 is 11.8 Å². The number of nitriles is 1. The van der Waals surface area contributed by atoms with Gasteiger partial charge in [-0.05, 0) is 48.3 Å². The lowest BCUT2D eigenvalue weighted by atomic mass is 9.72. The van der Waals surface area contributed by atoms with Gasteiger partial charge in [0, 0.05) is 25.1 Å². The molecule has 0 saturated carbocycles. The van der Waals surface area contributed by atoms with Gasteiger partial charge in [-0.2, -0.15) is 10.2 Å². The van der Waals surface area contributed by atoms with Gasteiger partial charge in [0.1, 0.15) is 11.7 Å². The smallest absolute Gasteiger partial charge is 0.220 e. The maximum absolute atomic E-state index is 10.7. The number of aromatic hydroxyl groups is 1. The molecule has 1 atom stereocenters. The molecule has 1 aliphatic carbocycles. The van der Waals surface area contributed by atoms with Crippen molar-refractivity contribution < 1.29 is 9.84 Å². The third-order valence-corrected chi connectivity index (χ3v) is 8.36. The molecule has 1 N–H and O–H groups in total. The summed E-state index contributed by atoms with van der Waals surface area (Å²) in [6.07, 6.45) is 5.09. The van der Waals surface area contributed by atoms with Crippen LogP contribution in [0.5, 0.6) is 5.88 Å². The number of nitrogens with zero attached hydrogens (tertiary/aromatic N) is 4. The molecule has 1 aromatic heterocycles. The molecule has 7 heteroatoms. The van der Waals surface area contributed by atoms with E-state index in [-0.39, 0.29) is 12.5 Å². The second-order valence-corrected chi connectivity index (χ2v) is 11.0. The van der Waals surface area contributed by atoms with Crippen LogP contribution in [0.25, 0.3) is 0 Å². The molecule has 3 aromatic carbocycles. The summed E-state index contributed by atoms with van der Waals surface area (Å²) in [5.74, 6) is -0.0126. The maximum atomic E-state index is 10.7. The predicted molar refractivity (Wildman–Crippen MR) is 153 cm³/mol. The second-order valence-electron chi connectivity index (χ2n) is 10.2. The zero-order chi connectivity index (χ0) is 26.8. The molecular weight excluding hydrogens is 504 g/mol. The summed E-state index contributed by atoms with van der Waals surface area (Å²) in [5.41, 5.74) is 6.89. The number of hydrogen-bond donors (Lipinski definition) is 1. The highest BCUT2D eigenvalue weighted by Gasteiger charge is 2.45. The third kappa shape index (κ3) is 4.87. The molecule has 2 aliphatic rings. The molecular formula is C32H30N4O2S. The van der Waals surface area contributed by atoms with Gasteiger partial charge in [0.25, 0.3) is 0 Å². The number of thioether (sulfide) groups is 1. The number of rotatable bonds is 6. The quantitative estimate of drug-likeness (QED) is 0.230. The van der Waals surface area contributed by atoms with Gasteiger partial charge in [-0.1, -0.05) is 78.5 Å². The first-order valence-electron chi connectivity index (χ1n) is 13.3. The highest BCUT2D eigenvalue weighted by molar-refractivity contribution is 7.98. The summed E-state index contributed by atoms with van der Waals surface area (Å²) >= 11 is 1.41. The molecule has 1 spiro atoms. The standard InChI is InChI=1S/C32H30N4O2S/c1-39-31-34-27-17-32(38-21-26(27)30(37)35-31)16-8-13-24-14-15-28(25(18-33)29(24)32)36(19-22-9-4-2-5-10-22)20-23-11-6-3-7-12-23/h2-7,9-12,14-15H,8,13,16-17,19-21H2,1H3,(H,34,35,37)/t32-/m0/s1. The van der Waals surface area contributed by atoms with Crippen molar-refractivity contribution in [2.75, 3.05) is 11.2 Å². The van der Waals surface area contributed by atoms with E-state index in [9.17, 15) is 10.4 Å². The molecule has 0 fully saturated rings. The summed E-state index contributed by atoms with van der Waals surface area (Å²) in [4.78, 5) is 11.3. The first kappa shape index (κ1) is 25.4. The molecule has 0 amide bonds. The monoisotopic (exact) mass is 534 g/mol. The summed E-state index contributed by atoms with van der Waals surface area (Å²) < 4.78 is 6.61. The van der Waals surface area contributed by atoms with Crippen molar-refractivity contribution in [1.82, 2.24) is 9.97 Å². The van der Waals surface area contributed by atoms with Gasteiger partial charge in [-0.25, -0.2) is 4.98 Å². The van der Waals surface area contributed by atoms with Gasteiger partial charge in [0.2, 0.25) is 5.88 Å². The fourth-order valence-electron chi connectivity index (χ4n) is 6.00. The molecule has 0 saturated heterocycles. The molecule has 4 aromatic rings. The molecule has 0 radical (unpaired) electrons. The van der Waals surface area contributed by atoms with Gasteiger partial charge >= 0.3 is 0 Å². The van der Waals surface area contributed by atoms with Crippen molar-refractivity contribution in [2.24, 2.45) is 0 Å². The van der Waals surface area contributed by atoms with Crippen LogP contribution in [0.15, 0.2) is 78.0 Å². The van der Waals surface area contributed by atoms with E-state index in [0.717, 1.165) is 41.8 Å². The summed E-state index contributed by atoms with van der Waals surface area (Å²) in [7, 11) is 0. The lowest BCUT2D eigenvalue weighted by Crippen LogP contribution is -2.41. The minimum Gasteiger partial charge on any atom is -0.493 e. The number of ether oxygens (including phenoxy) is 1. The average molecular weight is 535 g/mol. The Balaban J connectivity index is 1.47. The Labute approximate surface area is 233 Å². The van der Waals surface area contributed by atoms with Gasteiger partial charge in [0.15, 0.2) is 5.16 Å². The Kier molecular flexibility index (Phi) is 6.99. The Morgan fingerprint density at radius 2 is 1.69 bits per heavy atom. The van der Waals surface area contributed by atoms with Crippen molar-refractivity contribution in [3.05, 3.63) is 112 Å². The van der Waals surface area contributed by atoms with Crippen molar-refractivity contribution >= 4 is 17.4 Å². The molecule has 39 heavy (non-hydrogen) atoms. The van der Waals surface area contributed by atoms with E-state index in [1.807, 2.05) is 18.4 Å². The number of anilines is 1. The first-order valence-corrected chi connectivity index (χ1v) is 14.5.